The Morgan fingerprint density at radius 1 is 0.824 bits per heavy atom. The number of rotatable bonds is 2. The Morgan fingerprint density at radius 3 is 1.76 bits per heavy atom. The fourth-order valence-corrected chi connectivity index (χ4v) is 3.72. The zero-order chi connectivity index (χ0) is 12.3. The van der Waals surface area contributed by atoms with Crippen molar-refractivity contribution in [1.29, 1.82) is 0 Å². The second-order valence-electron chi connectivity index (χ2n) is 6.15. The van der Waals surface area contributed by atoms with Crippen LogP contribution in [-0.2, 0) is 0 Å². The summed E-state index contributed by atoms with van der Waals surface area (Å²) in [6, 6.07) is 0. The molecule has 98 valence electrons. The van der Waals surface area contributed by atoms with Crippen LogP contribution in [-0.4, -0.2) is 0 Å². The van der Waals surface area contributed by atoms with Crippen LogP contribution in [0.4, 0.5) is 8.78 Å². The van der Waals surface area contributed by atoms with E-state index < -0.39 is 6.08 Å². The molecule has 0 spiro atoms. The van der Waals surface area contributed by atoms with Gasteiger partial charge in [0, 0.05) is 0 Å². The summed E-state index contributed by atoms with van der Waals surface area (Å²) >= 11 is 0. The molecule has 0 aromatic carbocycles. The predicted octanol–water partition coefficient (Wildman–Crippen LogP) is 5.40. The van der Waals surface area contributed by atoms with Gasteiger partial charge in [-0.2, -0.15) is 8.78 Å². The summed E-state index contributed by atoms with van der Waals surface area (Å²) in [5.74, 6) is 2.78. The molecule has 0 atom stereocenters. The molecule has 2 heteroatoms. The van der Waals surface area contributed by atoms with Crippen molar-refractivity contribution in [2.24, 2.45) is 23.7 Å². The molecule has 0 aromatic rings. The van der Waals surface area contributed by atoms with E-state index in [0.717, 1.165) is 30.6 Å². The van der Waals surface area contributed by atoms with Crippen LogP contribution in [0.25, 0.3) is 0 Å². The van der Waals surface area contributed by atoms with Gasteiger partial charge in [-0.15, -0.1) is 0 Å². The molecule has 2 saturated carbocycles. The minimum atomic E-state index is -1.49. The maximum atomic E-state index is 12.2. The van der Waals surface area contributed by atoms with Gasteiger partial charge in [0.05, 0.1) is 0 Å². The third-order valence-corrected chi connectivity index (χ3v) is 4.91. The third-order valence-electron chi connectivity index (χ3n) is 4.91. The summed E-state index contributed by atoms with van der Waals surface area (Å²) in [4.78, 5) is 0. The van der Waals surface area contributed by atoms with Gasteiger partial charge >= 0.3 is 0 Å². The van der Waals surface area contributed by atoms with Crippen molar-refractivity contribution < 1.29 is 8.78 Å². The van der Waals surface area contributed by atoms with E-state index in [9.17, 15) is 8.78 Å². The van der Waals surface area contributed by atoms with E-state index in [1.54, 1.807) is 0 Å². The van der Waals surface area contributed by atoms with E-state index in [4.69, 9.17) is 0 Å². The van der Waals surface area contributed by atoms with Gasteiger partial charge in [-0.3, -0.25) is 0 Å². The fourth-order valence-electron chi connectivity index (χ4n) is 3.72. The average molecular weight is 242 g/mol. The van der Waals surface area contributed by atoms with Crippen LogP contribution in [0.5, 0.6) is 0 Å². The Balaban J connectivity index is 1.77. The zero-order valence-corrected chi connectivity index (χ0v) is 10.8. The number of allylic oxidation sites excluding steroid dienone is 1. The smallest absolute Gasteiger partial charge is 0.174 e. The first-order valence-corrected chi connectivity index (χ1v) is 7.18. The third kappa shape index (κ3) is 3.79. The lowest BCUT2D eigenvalue weighted by Gasteiger charge is -2.36. The highest BCUT2D eigenvalue weighted by Gasteiger charge is 2.29. The summed E-state index contributed by atoms with van der Waals surface area (Å²) in [6.45, 7) is 2.35. The first-order chi connectivity index (χ1) is 8.15. The molecule has 2 aliphatic rings. The van der Waals surface area contributed by atoms with Gasteiger partial charge in [0.1, 0.15) is 0 Å². The number of hydrogen-bond donors (Lipinski definition) is 0. The molecule has 0 aliphatic heterocycles. The zero-order valence-electron chi connectivity index (χ0n) is 10.8. The van der Waals surface area contributed by atoms with Crippen molar-refractivity contribution in [2.75, 3.05) is 0 Å². The van der Waals surface area contributed by atoms with Crippen LogP contribution in [0.1, 0.15) is 58.3 Å². The van der Waals surface area contributed by atoms with Gasteiger partial charge < -0.3 is 0 Å². The van der Waals surface area contributed by atoms with Gasteiger partial charge in [-0.05, 0) is 68.3 Å². The molecular weight excluding hydrogens is 218 g/mol. The van der Waals surface area contributed by atoms with Crippen LogP contribution >= 0.6 is 0 Å². The van der Waals surface area contributed by atoms with Crippen molar-refractivity contribution >= 4 is 0 Å². The second-order valence-corrected chi connectivity index (χ2v) is 6.15. The van der Waals surface area contributed by atoms with Crippen molar-refractivity contribution in [3.05, 3.63) is 12.2 Å². The highest BCUT2D eigenvalue weighted by atomic mass is 19.3. The molecule has 17 heavy (non-hydrogen) atoms. The molecule has 0 N–H and O–H groups in total. The Labute approximate surface area is 103 Å². The standard InChI is InChI=1S/C15H24F2/c1-11-2-6-13(7-3-11)14-8-4-12(5-9-14)10-15(16)17/h10-14H,2-9H2,1H3. The second kappa shape index (κ2) is 5.97. The van der Waals surface area contributed by atoms with Crippen molar-refractivity contribution in [3.63, 3.8) is 0 Å². The minimum absolute atomic E-state index is 0.152. The largest absolute Gasteiger partial charge is 0.266 e. The summed E-state index contributed by atoms with van der Waals surface area (Å²) in [5, 5.41) is 0. The van der Waals surface area contributed by atoms with Crippen LogP contribution < -0.4 is 0 Å². The van der Waals surface area contributed by atoms with Crippen LogP contribution in [0.15, 0.2) is 12.2 Å². The Kier molecular flexibility index (Phi) is 4.58. The van der Waals surface area contributed by atoms with Crippen molar-refractivity contribution in [1.82, 2.24) is 0 Å². The number of hydrogen-bond acceptors (Lipinski definition) is 0. The Bertz CT molecular complexity index is 252. The molecule has 0 amide bonds. The molecule has 0 radical (unpaired) electrons. The monoisotopic (exact) mass is 242 g/mol. The molecule has 2 aliphatic carbocycles. The van der Waals surface area contributed by atoms with Crippen molar-refractivity contribution in [2.45, 2.75) is 58.3 Å². The van der Waals surface area contributed by atoms with Crippen molar-refractivity contribution in [3.8, 4) is 0 Å². The summed E-state index contributed by atoms with van der Waals surface area (Å²) in [7, 11) is 0. The highest BCUT2D eigenvalue weighted by Crippen LogP contribution is 2.41. The minimum Gasteiger partial charge on any atom is -0.174 e. The number of halogens is 2. The van der Waals surface area contributed by atoms with Gasteiger partial charge in [-0.1, -0.05) is 19.8 Å². The van der Waals surface area contributed by atoms with Gasteiger partial charge in [0.2, 0.25) is 0 Å². The topological polar surface area (TPSA) is 0 Å². The summed E-state index contributed by atoms with van der Waals surface area (Å²) in [6.07, 6.45) is 9.52. The van der Waals surface area contributed by atoms with E-state index in [1.165, 1.54) is 44.6 Å². The van der Waals surface area contributed by atoms with Crippen LogP contribution in [0, 0.1) is 23.7 Å². The Morgan fingerprint density at radius 2 is 1.29 bits per heavy atom. The van der Waals surface area contributed by atoms with E-state index in [2.05, 4.69) is 6.92 Å². The predicted molar refractivity (Wildman–Crippen MR) is 66.9 cm³/mol. The van der Waals surface area contributed by atoms with E-state index in [1.807, 2.05) is 0 Å². The molecule has 0 saturated heterocycles. The molecule has 2 fully saturated rings. The lowest BCUT2D eigenvalue weighted by molar-refractivity contribution is 0.159. The van der Waals surface area contributed by atoms with E-state index in [-0.39, 0.29) is 5.92 Å². The Hall–Kier alpha value is -0.400. The normalized spacial score (nSPS) is 38.8. The highest BCUT2D eigenvalue weighted by molar-refractivity contribution is 4.92. The maximum absolute atomic E-state index is 12.2. The van der Waals surface area contributed by atoms with Gasteiger partial charge in [0.15, 0.2) is 0 Å². The van der Waals surface area contributed by atoms with Gasteiger partial charge in [-0.25, -0.2) is 0 Å². The summed E-state index contributed by atoms with van der Waals surface area (Å²) in [5.41, 5.74) is 0. The maximum Gasteiger partial charge on any atom is 0.266 e. The van der Waals surface area contributed by atoms with Crippen LogP contribution in [0.2, 0.25) is 0 Å². The molecule has 0 bridgehead atoms. The molecule has 0 nitrogen and oxygen atoms in total. The lowest BCUT2D eigenvalue weighted by atomic mass is 9.69. The molecule has 0 aromatic heterocycles. The first-order valence-electron chi connectivity index (χ1n) is 7.18. The molecule has 0 heterocycles. The fraction of sp³-hybridized carbons (Fsp3) is 0.867. The molecule has 0 unspecified atom stereocenters. The SMILES string of the molecule is CC1CCC(C2CCC(C=C(F)F)CC2)CC1. The lowest BCUT2D eigenvalue weighted by Crippen LogP contribution is -2.24. The quantitative estimate of drug-likeness (QED) is 0.608. The molecule has 2 rings (SSSR count). The van der Waals surface area contributed by atoms with Crippen LogP contribution in [0.3, 0.4) is 0 Å². The average Bonchev–Trinajstić information content (AvgIpc) is 2.30. The molecular formula is C15H24F2. The van der Waals surface area contributed by atoms with E-state index >= 15 is 0 Å². The van der Waals surface area contributed by atoms with Gasteiger partial charge in [0.25, 0.3) is 6.08 Å². The van der Waals surface area contributed by atoms with E-state index in [0.29, 0.717) is 0 Å². The summed E-state index contributed by atoms with van der Waals surface area (Å²) < 4.78 is 24.4. The first kappa shape index (κ1) is 13.0.